The van der Waals surface area contributed by atoms with Crippen LogP contribution in [0.3, 0.4) is 0 Å². The minimum atomic E-state index is -1.47. The molecular weight excluding hydrogens is 863 g/mol. The Morgan fingerprint density at radius 1 is 0.403 bits per heavy atom. The van der Waals surface area contributed by atoms with E-state index in [1.54, 1.807) is 130 Å². The second kappa shape index (κ2) is 27.8. The molecule has 0 bridgehead atoms. The molecule has 0 aliphatic carbocycles. The number of hydrogen-bond donors (Lipinski definition) is 3. The fourth-order valence-corrected chi connectivity index (χ4v) is 6.26. The second-order valence-corrected chi connectivity index (χ2v) is 16.5. The van der Waals surface area contributed by atoms with Gasteiger partial charge in [0.1, 0.15) is 50.2 Å². The highest BCUT2D eigenvalue weighted by Crippen LogP contribution is 2.13. The molecule has 3 amide bonds. The van der Waals surface area contributed by atoms with E-state index >= 15 is 0 Å². The Bertz CT molecular complexity index is 2220. The molecule has 0 saturated carbocycles. The van der Waals surface area contributed by atoms with Gasteiger partial charge in [-0.05, 0) is 62.3 Å². The number of amides is 3. The molecule has 0 spiro atoms. The molecule has 3 atom stereocenters. The summed E-state index contributed by atoms with van der Waals surface area (Å²) >= 11 is 0. The van der Waals surface area contributed by atoms with Crippen LogP contribution in [0.15, 0.2) is 121 Å². The minimum absolute atomic E-state index is 0.00600. The molecule has 3 unspecified atom stereocenters. The monoisotopic (exact) mass is 921 g/mol. The molecule has 0 aliphatic rings. The molecule has 16 heteroatoms. The molecule has 16 nitrogen and oxygen atoms in total. The first-order valence-corrected chi connectivity index (χ1v) is 22.0. The standard InChI is InChI=1S/C51H59N3O13/c1-51(2,3)67-47(59)31-28-44(56)52-40(48(60)54-42(50(62)66-35-39-22-14-7-15-23-39)26-30-46(58)64-33-37-18-10-5-11-19-37)24-27-43(55)53-41(49(61)65-34-38-20-12-6-13-21-38)25-29-45(57)63-32-36-16-8-4-9-17-36/h4-23,40-42H,24-35H2,1-3H3,(H,52,56)(H,53,55)(H,54,60). The van der Waals surface area contributed by atoms with E-state index in [1.807, 2.05) is 12.1 Å². The molecule has 3 N–H and O–H groups in total. The van der Waals surface area contributed by atoms with E-state index < -0.39 is 77.7 Å². The van der Waals surface area contributed by atoms with Crippen molar-refractivity contribution in [2.45, 2.75) is 122 Å². The van der Waals surface area contributed by atoms with Gasteiger partial charge in [0, 0.05) is 25.7 Å². The number of rotatable bonds is 26. The summed E-state index contributed by atoms with van der Waals surface area (Å²) in [4.78, 5) is 106. The summed E-state index contributed by atoms with van der Waals surface area (Å²) in [6.45, 7) is 4.76. The van der Waals surface area contributed by atoms with Crippen LogP contribution < -0.4 is 16.0 Å². The van der Waals surface area contributed by atoms with Gasteiger partial charge in [-0.2, -0.15) is 0 Å². The highest BCUT2D eigenvalue weighted by molar-refractivity contribution is 5.92. The molecule has 0 heterocycles. The van der Waals surface area contributed by atoms with Crippen molar-refractivity contribution < 1.29 is 62.0 Å². The fraction of sp³-hybridized carbons (Fsp3) is 0.373. The Hall–Kier alpha value is -7.36. The molecule has 0 saturated heterocycles. The Morgan fingerprint density at radius 2 is 0.746 bits per heavy atom. The van der Waals surface area contributed by atoms with E-state index in [0.717, 1.165) is 11.1 Å². The topological polar surface area (TPSA) is 219 Å². The van der Waals surface area contributed by atoms with Crippen LogP contribution in [-0.2, 0) is 88.5 Å². The zero-order valence-corrected chi connectivity index (χ0v) is 38.1. The SMILES string of the molecule is CC(C)(C)OC(=O)CCC(=O)NC(CCC(=O)NC(CCC(=O)OCc1ccccc1)C(=O)OCc1ccccc1)C(=O)NC(CCC(=O)OCc1ccccc1)C(=O)OCc1ccccc1. The highest BCUT2D eigenvalue weighted by atomic mass is 16.6. The van der Waals surface area contributed by atoms with Crippen LogP contribution in [0.25, 0.3) is 0 Å². The van der Waals surface area contributed by atoms with Crippen molar-refractivity contribution in [1.29, 1.82) is 0 Å². The summed E-state index contributed by atoms with van der Waals surface area (Å²) in [7, 11) is 0. The van der Waals surface area contributed by atoms with Crippen LogP contribution in [0, 0.1) is 0 Å². The molecule has 67 heavy (non-hydrogen) atoms. The smallest absolute Gasteiger partial charge is 0.328 e. The Morgan fingerprint density at radius 3 is 1.15 bits per heavy atom. The molecular formula is C51H59N3O13. The quantitative estimate of drug-likeness (QED) is 0.0496. The van der Waals surface area contributed by atoms with Gasteiger partial charge in [0.05, 0.1) is 6.42 Å². The van der Waals surface area contributed by atoms with Crippen LogP contribution in [0.1, 0.15) is 94.4 Å². The lowest BCUT2D eigenvalue weighted by molar-refractivity contribution is -0.156. The summed E-state index contributed by atoms with van der Waals surface area (Å²) in [5.74, 6) is -6.00. The van der Waals surface area contributed by atoms with E-state index in [0.29, 0.717) is 11.1 Å². The first-order chi connectivity index (χ1) is 32.1. The average molecular weight is 922 g/mol. The number of hydrogen-bond acceptors (Lipinski definition) is 13. The summed E-state index contributed by atoms with van der Waals surface area (Å²) in [6, 6.07) is 31.4. The van der Waals surface area contributed by atoms with Crippen molar-refractivity contribution in [3.05, 3.63) is 144 Å². The molecule has 4 aromatic rings. The van der Waals surface area contributed by atoms with Gasteiger partial charge in [-0.1, -0.05) is 121 Å². The second-order valence-electron chi connectivity index (χ2n) is 16.5. The number of carbonyl (C=O) groups is 8. The maximum absolute atomic E-state index is 14.1. The van der Waals surface area contributed by atoms with Crippen molar-refractivity contribution in [1.82, 2.24) is 16.0 Å². The van der Waals surface area contributed by atoms with Crippen molar-refractivity contribution >= 4 is 47.6 Å². The van der Waals surface area contributed by atoms with Gasteiger partial charge < -0.3 is 39.6 Å². The number of carbonyl (C=O) groups excluding carboxylic acids is 8. The predicted molar refractivity (Wildman–Crippen MR) is 244 cm³/mol. The van der Waals surface area contributed by atoms with E-state index in [9.17, 15) is 38.4 Å². The lowest BCUT2D eigenvalue weighted by Gasteiger charge is -2.23. The third-order valence-corrected chi connectivity index (χ3v) is 9.72. The van der Waals surface area contributed by atoms with E-state index in [2.05, 4.69) is 16.0 Å². The van der Waals surface area contributed by atoms with Gasteiger partial charge in [-0.15, -0.1) is 0 Å². The van der Waals surface area contributed by atoms with Gasteiger partial charge in [0.25, 0.3) is 0 Å². The Labute approximate surface area is 390 Å². The van der Waals surface area contributed by atoms with E-state index in [-0.39, 0.29) is 71.4 Å². The fourth-order valence-electron chi connectivity index (χ4n) is 6.26. The summed E-state index contributed by atoms with van der Waals surface area (Å²) in [5, 5.41) is 7.70. The van der Waals surface area contributed by atoms with Crippen molar-refractivity contribution in [2.75, 3.05) is 0 Å². The lowest BCUT2D eigenvalue weighted by Crippen LogP contribution is -2.52. The van der Waals surface area contributed by atoms with Crippen LogP contribution in [0.5, 0.6) is 0 Å². The third kappa shape index (κ3) is 21.5. The summed E-state index contributed by atoms with van der Waals surface area (Å²) in [5.41, 5.74) is 2.04. The molecule has 4 aromatic carbocycles. The first-order valence-electron chi connectivity index (χ1n) is 22.0. The van der Waals surface area contributed by atoms with E-state index in [4.69, 9.17) is 23.7 Å². The van der Waals surface area contributed by atoms with Crippen LogP contribution in [0.4, 0.5) is 0 Å². The van der Waals surface area contributed by atoms with E-state index in [1.165, 1.54) is 0 Å². The predicted octanol–water partition coefficient (Wildman–Crippen LogP) is 5.88. The van der Waals surface area contributed by atoms with Gasteiger partial charge in [-0.25, -0.2) is 9.59 Å². The van der Waals surface area contributed by atoms with Crippen LogP contribution in [0.2, 0.25) is 0 Å². The average Bonchev–Trinajstić information content (AvgIpc) is 3.32. The number of nitrogens with one attached hydrogen (secondary N) is 3. The first kappa shape index (κ1) is 52.3. The zero-order chi connectivity index (χ0) is 48.4. The highest BCUT2D eigenvalue weighted by Gasteiger charge is 2.31. The van der Waals surface area contributed by atoms with Crippen LogP contribution in [-0.4, -0.2) is 71.3 Å². The molecule has 0 radical (unpaired) electrons. The van der Waals surface area contributed by atoms with Gasteiger partial charge in [-0.3, -0.25) is 28.8 Å². The number of ether oxygens (including phenoxy) is 5. The van der Waals surface area contributed by atoms with Gasteiger partial charge in [0.2, 0.25) is 17.7 Å². The van der Waals surface area contributed by atoms with Crippen molar-refractivity contribution in [3.8, 4) is 0 Å². The van der Waals surface area contributed by atoms with Crippen molar-refractivity contribution in [3.63, 3.8) is 0 Å². The molecule has 0 fully saturated rings. The lowest BCUT2D eigenvalue weighted by atomic mass is 10.1. The molecule has 4 rings (SSSR count). The third-order valence-electron chi connectivity index (χ3n) is 9.72. The summed E-state index contributed by atoms with van der Waals surface area (Å²) < 4.78 is 27.1. The minimum Gasteiger partial charge on any atom is -0.461 e. The number of esters is 5. The van der Waals surface area contributed by atoms with Crippen molar-refractivity contribution in [2.24, 2.45) is 0 Å². The van der Waals surface area contributed by atoms with Gasteiger partial charge >= 0.3 is 29.8 Å². The normalized spacial score (nSPS) is 12.2. The largest absolute Gasteiger partial charge is 0.461 e. The van der Waals surface area contributed by atoms with Crippen LogP contribution >= 0.6 is 0 Å². The maximum atomic E-state index is 14.1. The molecule has 0 aromatic heterocycles. The maximum Gasteiger partial charge on any atom is 0.328 e. The molecule has 356 valence electrons. The Balaban J connectivity index is 1.47. The summed E-state index contributed by atoms with van der Waals surface area (Å²) in [6.07, 6.45) is -2.47. The zero-order valence-electron chi connectivity index (χ0n) is 38.1. The van der Waals surface area contributed by atoms with Gasteiger partial charge in [0.15, 0.2) is 0 Å². The Kier molecular flexibility index (Phi) is 21.7. The molecule has 0 aliphatic heterocycles. The number of benzene rings is 4.